The average molecular weight is 345 g/mol. The minimum absolute atomic E-state index is 0.406. The first-order chi connectivity index (χ1) is 12.7. The highest BCUT2D eigenvalue weighted by molar-refractivity contribution is 5.31. The molecular formula is C23H27N3. The van der Waals surface area contributed by atoms with Crippen LogP contribution in [0.1, 0.15) is 52.4 Å². The molecule has 0 bridgehead atoms. The maximum absolute atomic E-state index is 4.70. The number of nitrogens with zero attached hydrogens (tertiary/aromatic N) is 2. The minimum Gasteiger partial charge on any atom is -0.306 e. The second kappa shape index (κ2) is 7.46. The number of rotatable bonds is 5. The second-order valence-corrected chi connectivity index (χ2v) is 7.45. The van der Waals surface area contributed by atoms with Gasteiger partial charge in [0.2, 0.25) is 0 Å². The Morgan fingerprint density at radius 2 is 1.96 bits per heavy atom. The van der Waals surface area contributed by atoms with Crippen molar-refractivity contribution in [1.29, 1.82) is 0 Å². The van der Waals surface area contributed by atoms with E-state index >= 15 is 0 Å². The van der Waals surface area contributed by atoms with Crippen LogP contribution in [0.3, 0.4) is 0 Å². The van der Waals surface area contributed by atoms with E-state index < -0.39 is 0 Å². The van der Waals surface area contributed by atoms with Crippen molar-refractivity contribution in [2.75, 3.05) is 0 Å². The van der Waals surface area contributed by atoms with Gasteiger partial charge in [-0.25, -0.2) is 0 Å². The molecule has 1 heterocycles. The van der Waals surface area contributed by atoms with E-state index in [0.29, 0.717) is 6.04 Å². The normalized spacial score (nSPS) is 16.5. The number of nitrogens with one attached hydrogen (secondary N) is 1. The lowest BCUT2D eigenvalue weighted by atomic mass is 9.92. The number of hydrogen-bond donors (Lipinski definition) is 1. The molecule has 134 valence electrons. The monoisotopic (exact) mass is 345 g/mol. The molecule has 3 aromatic rings. The van der Waals surface area contributed by atoms with E-state index in [9.17, 15) is 0 Å². The molecule has 0 radical (unpaired) electrons. The Morgan fingerprint density at radius 3 is 2.77 bits per heavy atom. The van der Waals surface area contributed by atoms with Gasteiger partial charge in [0.1, 0.15) is 0 Å². The number of aryl methyl sites for hydroxylation is 2. The topological polar surface area (TPSA) is 29.9 Å². The Balaban J connectivity index is 1.49. The van der Waals surface area contributed by atoms with Crippen LogP contribution in [0.4, 0.5) is 0 Å². The van der Waals surface area contributed by atoms with Gasteiger partial charge in [-0.3, -0.25) is 4.68 Å². The Labute approximate surface area is 156 Å². The molecule has 1 atom stereocenters. The molecular weight excluding hydrogens is 318 g/mol. The van der Waals surface area contributed by atoms with Crippen molar-refractivity contribution in [3.8, 4) is 0 Å². The summed E-state index contributed by atoms with van der Waals surface area (Å²) in [5, 5.41) is 8.48. The molecule has 1 aromatic heterocycles. The highest BCUT2D eigenvalue weighted by Crippen LogP contribution is 2.30. The van der Waals surface area contributed by atoms with Crippen molar-refractivity contribution in [3.63, 3.8) is 0 Å². The molecule has 0 saturated carbocycles. The standard InChI is InChI=1S/C23H27N3/c1-17-11-12-20(18(2)13-17)14-24-22-9-6-10-23-21(22)15-25-26(23)16-19-7-4-3-5-8-19/h3-5,7-8,11-13,15,22,24H,6,9-10,14,16H2,1-2H3/t22-/m1/s1. The van der Waals surface area contributed by atoms with Gasteiger partial charge in [-0.15, -0.1) is 0 Å². The summed E-state index contributed by atoms with van der Waals surface area (Å²) in [6.07, 6.45) is 5.62. The maximum Gasteiger partial charge on any atom is 0.0662 e. The van der Waals surface area contributed by atoms with E-state index in [1.165, 1.54) is 46.4 Å². The van der Waals surface area contributed by atoms with Crippen molar-refractivity contribution < 1.29 is 0 Å². The van der Waals surface area contributed by atoms with Crippen LogP contribution in [0.5, 0.6) is 0 Å². The van der Waals surface area contributed by atoms with Gasteiger partial charge in [-0.1, -0.05) is 54.1 Å². The Hall–Kier alpha value is -2.39. The second-order valence-electron chi connectivity index (χ2n) is 7.45. The lowest BCUT2D eigenvalue weighted by molar-refractivity contribution is 0.449. The summed E-state index contributed by atoms with van der Waals surface area (Å²) in [4.78, 5) is 0. The first-order valence-corrected chi connectivity index (χ1v) is 9.59. The fourth-order valence-corrected chi connectivity index (χ4v) is 4.00. The van der Waals surface area contributed by atoms with E-state index in [1.807, 2.05) is 0 Å². The molecule has 26 heavy (non-hydrogen) atoms. The van der Waals surface area contributed by atoms with Crippen LogP contribution in [0.15, 0.2) is 54.7 Å². The zero-order valence-electron chi connectivity index (χ0n) is 15.7. The number of fused-ring (bicyclic) bond motifs is 1. The molecule has 0 unspecified atom stereocenters. The van der Waals surface area contributed by atoms with Gasteiger partial charge in [-0.05, 0) is 49.8 Å². The fourth-order valence-electron chi connectivity index (χ4n) is 4.00. The van der Waals surface area contributed by atoms with Crippen LogP contribution in [-0.4, -0.2) is 9.78 Å². The van der Waals surface area contributed by atoms with Gasteiger partial charge in [0.25, 0.3) is 0 Å². The first kappa shape index (κ1) is 17.0. The predicted octanol–water partition coefficient (Wildman–Crippen LogP) is 4.72. The Kier molecular flexibility index (Phi) is 4.89. The van der Waals surface area contributed by atoms with Crippen molar-refractivity contribution in [2.45, 2.75) is 52.2 Å². The third kappa shape index (κ3) is 3.58. The smallest absolute Gasteiger partial charge is 0.0662 e. The molecule has 1 N–H and O–H groups in total. The zero-order valence-corrected chi connectivity index (χ0v) is 15.7. The van der Waals surface area contributed by atoms with Gasteiger partial charge < -0.3 is 5.32 Å². The average Bonchev–Trinajstić information content (AvgIpc) is 3.05. The molecule has 3 nitrogen and oxygen atoms in total. The molecule has 0 amide bonds. The minimum atomic E-state index is 0.406. The summed E-state index contributed by atoms with van der Waals surface area (Å²) < 4.78 is 2.19. The Bertz CT molecular complexity index is 880. The molecule has 2 aromatic carbocycles. The van der Waals surface area contributed by atoms with Gasteiger partial charge in [-0.2, -0.15) is 5.10 Å². The lowest BCUT2D eigenvalue weighted by Gasteiger charge is -2.25. The summed E-state index contributed by atoms with van der Waals surface area (Å²) in [6.45, 7) is 6.13. The quantitative estimate of drug-likeness (QED) is 0.725. The lowest BCUT2D eigenvalue weighted by Crippen LogP contribution is -2.25. The molecule has 4 rings (SSSR count). The van der Waals surface area contributed by atoms with Crippen LogP contribution in [0.25, 0.3) is 0 Å². The molecule has 0 aliphatic heterocycles. The summed E-state index contributed by atoms with van der Waals surface area (Å²) in [7, 11) is 0. The van der Waals surface area contributed by atoms with Gasteiger partial charge in [0, 0.05) is 23.8 Å². The predicted molar refractivity (Wildman–Crippen MR) is 106 cm³/mol. The fraction of sp³-hybridized carbons (Fsp3) is 0.348. The summed E-state index contributed by atoms with van der Waals surface area (Å²) in [5.41, 5.74) is 8.18. The molecule has 0 fully saturated rings. The number of hydrogen-bond acceptors (Lipinski definition) is 2. The Morgan fingerprint density at radius 1 is 1.12 bits per heavy atom. The summed E-state index contributed by atoms with van der Waals surface area (Å²) >= 11 is 0. The van der Waals surface area contributed by atoms with Crippen molar-refractivity contribution >= 4 is 0 Å². The van der Waals surface area contributed by atoms with Gasteiger partial charge in [0.15, 0.2) is 0 Å². The third-order valence-electron chi connectivity index (χ3n) is 5.47. The van der Waals surface area contributed by atoms with Crippen molar-refractivity contribution in [3.05, 3.63) is 88.2 Å². The maximum atomic E-state index is 4.70. The van der Waals surface area contributed by atoms with Crippen LogP contribution >= 0.6 is 0 Å². The van der Waals surface area contributed by atoms with Gasteiger partial charge in [0.05, 0.1) is 12.7 Å². The third-order valence-corrected chi connectivity index (χ3v) is 5.47. The molecule has 3 heteroatoms. The van der Waals surface area contributed by atoms with E-state index in [0.717, 1.165) is 19.5 Å². The van der Waals surface area contributed by atoms with Crippen LogP contribution in [0.2, 0.25) is 0 Å². The van der Waals surface area contributed by atoms with E-state index in [-0.39, 0.29) is 0 Å². The highest BCUT2D eigenvalue weighted by Gasteiger charge is 2.24. The summed E-state index contributed by atoms with van der Waals surface area (Å²) in [5.74, 6) is 0. The van der Waals surface area contributed by atoms with Gasteiger partial charge >= 0.3 is 0 Å². The van der Waals surface area contributed by atoms with E-state index in [2.05, 4.69) is 78.6 Å². The molecule has 1 aliphatic carbocycles. The first-order valence-electron chi connectivity index (χ1n) is 9.59. The largest absolute Gasteiger partial charge is 0.306 e. The zero-order chi connectivity index (χ0) is 17.9. The molecule has 0 saturated heterocycles. The van der Waals surface area contributed by atoms with E-state index in [4.69, 9.17) is 5.10 Å². The van der Waals surface area contributed by atoms with E-state index in [1.54, 1.807) is 0 Å². The van der Waals surface area contributed by atoms with Crippen molar-refractivity contribution in [1.82, 2.24) is 15.1 Å². The SMILES string of the molecule is Cc1ccc(CN[C@@H]2CCCc3c2cnn3Cc2ccccc2)c(C)c1. The van der Waals surface area contributed by atoms with Crippen LogP contribution in [-0.2, 0) is 19.5 Å². The van der Waals surface area contributed by atoms with Crippen molar-refractivity contribution in [2.24, 2.45) is 0 Å². The van der Waals surface area contributed by atoms with Crippen LogP contribution < -0.4 is 5.32 Å². The number of benzene rings is 2. The molecule has 1 aliphatic rings. The summed E-state index contributed by atoms with van der Waals surface area (Å²) in [6, 6.07) is 17.7. The molecule has 0 spiro atoms. The van der Waals surface area contributed by atoms with Crippen LogP contribution in [0, 0.1) is 13.8 Å². The highest BCUT2D eigenvalue weighted by atomic mass is 15.3. The number of aromatic nitrogens is 2.